The second-order valence-corrected chi connectivity index (χ2v) is 8.77. The highest BCUT2D eigenvalue weighted by Gasteiger charge is 2.23. The van der Waals surface area contributed by atoms with Crippen molar-refractivity contribution in [2.75, 3.05) is 5.32 Å². The topological polar surface area (TPSA) is 102 Å². The molecule has 9 heteroatoms. The van der Waals surface area contributed by atoms with Crippen LogP contribution in [0.15, 0.2) is 82.4 Å². The molecule has 0 aliphatic heterocycles. The zero-order chi connectivity index (χ0) is 25.2. The quantitative estimate of drug-likeness (QED) is 0.419. The van der Waals surface area contributed by atoms with Crippen LogP contribution in [0.3, 0.4) is 0 Å². The number of nitrogens with zero attached hydrogens (tertiary/aromatic N) is 2. The predicted molar refractivity (Wildman–Crippen MR) is 134 cm³/mol. The fourth-order valence-electron chi connectivity index (χ4n) is 4.07. The molecule has 3 aromatic carbocycles. The maximum atomic E-state index is 13.5. The Morgan fingerprint density at radius 2 is 1.67 bits per heavy atom. The third kappa shape index (κ3) is 4.95. The molecule has 1 aliphatic rings. The van der Waals surface area contributed by atoms with Crippen LogP contribution in [0.25, 0.3) is 16.6 Å². The Morgan fingerprint density at radius 3 is 2.39 bits per heavy atom. The van der Waals surface area contributed by atoms with Crippen molar-refractivity contribution in [3.63, 3.8) is 0 Å². The van der Waals surface area contributed by atoms with Gasteiger partial charge in [0.2, 0.25) is 11.8 Å². The number of fused-ring (bicyclic) bond motifs is 1. The lowest BCUT2D eigenvalue weighted by atomic mass is 10.1. The number of halogens is 1. The Kier molecular flexibility index (Phi) is 6.20. The molecular formula is C27H23FN4O4. The number of para-hydroxylation sites is 1. The normalized spacial score (nSPS) is 12.9. The second-order valence-electron chi connectivity index (χ2n) is 8.77. The van der Waals surface area contributed by atoms with Crippen molar-refractivity contribution in [3.8, 4) is 5.69 Å². The molecular weight excluding hydrogens is 463 g/mol. The van der Waals surface area contributed by atoms with Gasteiger partial charge in [-0.05, 0) is 60.9 Å². The molecule has 0 bridgehead atoms. The molecule has 36 heavy (non-hydrogen) atoms. The van der Waals surface area contributed by atoms with Gasteiger partial charge in [0.1, 0.15) is 12.4 Å². The number of aromatic nitrogens is 2. The van der Waals surface area contributed by atoms with E-state index in [1.807, 2.05) is 0 Å². The summed E-state index contributed by atoms with van der Waals surface area (Å²) in [5.41, 5.74) is 0.435. The summed E-state index contributed by atoms with van der Waals surface area (Å²) in [5.74, 6) is -1.12. The van der Waals surface area contributed by atoms with Crippen molar-refractivity contribution in [3.05, 3.63) is 105 Å². The maximum Gasteiger partial charge on any atom is 0.336 e. The summed E-state index contributed by atoms with van der Waals surface area (Å²) < 4.78 is 15.7. The van der Waals surface area contributed by atoms with Crippen molar-refractivity contribution in [1.29, 1.82) is 0 Å². The zero-order valence-electron chi connectivity index (χ0n) is 19.2. The van der Waals surface area contributed by atoms with Gasteiger partial charge in [-0.2, -0.15) is 0 Å². The number of hydrogen-bond acceptors (Lipinski definition) is 4. The second kappa shape index (κ2) is 9.61. The number of benzene rings is 3. The van der Waals surface area contributed by atoms with Crippen LogP contribution in [0.5, 0.6) is 0 Å². The van der Waals surface area contributed by atoms with Gasteiger partial charge in [-0.15, -0.1) is 0 Å². The molecule has 1 aliphatic carbocycles. The summed E-state index contributed by atoms with van der Waals surface area (Å²) >= 11 is 0. The summed E-state index contributed by atoms with van der Waals surface area (Å²) in [5, 5.41) is 5.77. The van der Waals surface area contributed by atoms with Gasteiger partial charge < -0.3 is 10.6 Å². The van der Waals surface area contributed by atoms with E-state index in [-0.39, 0.29) is 36.0 Å². The molecule has 0 atom stereocenters. The van der Waals surface area contributed by atoms with E-state index in [1.54, 1.807) is 48.5 Å². The van der Waals surface area contributed by atoms with Gasteiger partial charge in [-0.3, -0.25) is 19.0 Å². The van der Waals surface area contributed by atoms with Crippen LogP contribution in [0, 0.1) is 5.82 Å². The standard InChI is InChI=1S/C27H23FN4O4/c28-18-4-3-5-20(15-18)30-25(34)16-31-23-7-2-1-6-22(23)26(35)32(27(31)36)21-12-8-17(9-13-21)14-24(33)29-19-10-11-19/h1-9,12-13,15,19H,10-11,14,16H2,(H,29,33)(H,30,34). The van der Waals surface area contributed by atoms with E-state index in [4.69, 9.17) is 0 Å². The Balaban J connectivity index is 1.48. The van der Waals surface area contributed by atoms with Gasteiger partial charge in [0.25, 0.3) is 5.56 Å². The fourth-order valence-corrected chi connectivity index (χ4v) is 4.07. The number of anilines is 1. The van der Waals surface area contributed by atoms with Crippen LogP contribution in [0.1, 0.15) is 18.4 Å². The molecule has 1 fully saturated rings. The number of carbonyl (C=O) groups is 2. The third-order valence-corrected chi connectivity index (χ3v) is 5.96. The van der Waals surface area contributed by atoms with Crippen LogP contribution < -0.4 is 21.9 Å². The van der Waals surface area contributed by atoms with Crippen LogP contribution in [0.2, 0.25) is 0 Å². The molecule has 0 radical (unpaired) electrons. The lowest BCUT2D eigenvalue weighted by Gasteiger charge is -2.14. The van der Waals surface area contributed by atoms with Crippen LogP contribution in [-0.4, -0.2) is 27.0 Å². The van der Waals surface area contributed by atoms with Gasteiger partial charge in [0, 0.05) is 11.7 Å². The maximum absolute atomic E-state index is 13.5. The third-order valence-electron chi connectivity index (χ3n) is 5.96. The van der Waals surface area contributed by atoms with Crippen molar-refractivity contribution in [1.82, 2.24) is 14.5 Å². The molecule has 1 heterocycles. The summed E-state index contributed by atoms with van der Waals surface area (Å²) in [4.78, 5) is 51.5. The highest BCUT2D eigenvalue weighted by Crippen LogP contribution is 2.19. The Hall–Kier alpha value is -4.53. The van der Waals surface area contributed by atoms with E-state index < -0.39 is 23.0 Å². The van der Waals surface area contributed by atoms with Gasteiger partial charge >= 0.3 is 5.69 Å². The summed E-state index contributed by atoms with van der Waals surface area (Å²) in [7, 11) is 0. The molecule has 2 amide bonds. The van der Waals surface area contributed by atoms with E-state index in [0.717, 1.165) is 23.0 Å². The number of carbonyl (C=O) groups excluding carboxylic acids is 2. The smallest absolute Gasteiger partial charge is 0.336 e. The van der Waals surface area contributed by atoms with Crippen molar-refractivity contribution in [2.24, 2.45) is 0 Å². The predicted octanol–water partition coefficient (Wildman–Crippen LogP) is 2.75. The van der Waals surface area contributed by atoms with E-state index in [0.29, 0.717) is 11.2 Å². The van der Waals surface area contributed by atoms with Crippen molar-refractivity contribution in [2.45, 2.75) is 31.8 Å². The molecule has 4 aromatic rings. The molecule has 8 nitrogen and oxygen atoms in total. The van der Waals surface area contributed by atoms with Gasteiger partial charge in [-0.1, -0.05) is 30.3 Å². The number of amides is 2. The van der Waals surface area contributed by atoms with Crippen molar-refractivity contribution < 1.29 is 14.0 Å². The fraction of sp³-hybridized carbons (Fsp3) is 0.185. The lowest BCUT2D eigenvalue weighted by molar-refractivity contribution is -0.120. The lowest BCUT2D eigenvalue weighted by Crippen LogP contribution is -2.40. The molecule has 5 rings (SSSR count). The minimum absolute atomic E-state index is 0.0696. The molecule has 0 saturated heterocycles. The number of rotatable bonds is 7. The minimum Gasteiger partial charge on any atom is -0.353 e. The van der Waals surface area contributed by atoms with E-state index >= 15 is 0 Å². The largest absolute Gasteiger partial charge is 0.353 e. The van der Waals surface area contributed by atoms with Crippen LogP contribution in [-0.2, 0) is 22.6 Å². The first kappa shape index (κ1) is 23.2. The number of nitrogens with one attached hydrogen (secondary N) is 2. The minimum atomic E-state index is -0.688. The van der Waals surface area contributed by atoms with E-state index in [1.165, 1.54) is 28.8 Å². The average Bonchev–Trinajstić information content (AvgIpc) is 3.67. The Morgan fingerprint density at radius 1 is 0.917 bits per heavy atom. The first-order valence-corrected chi connectivity index (χ1v) is 11.6. The van der Waals surface area contributed by atoms with Gasteiger partial charge in [-0.25, -0.2) is 13.8 Å². The molecule has 1 saturated carbocycles. The number of hydrogen-bond donors (Lipinski definition) is 2. The van der Waals surface area contributed by atoms with Gasteiger partial charge in [0.05, 0.1) is 23.0 Å². The molecule has 0 spiro atoms. The molecule has 0 unspecified atom stereocenters. The summed E-state index contributed by atoms with van der Waals surface area (Å²) in [6.45, 7) is -0.379. The monoisotopic (exact) mass is 486 g/mol. The summed E-state index contributed by atoms with van der Waals surface area (Å²) in [6.07, 6.45) is 2.21. The highest BCUT2D eigenvalue weighted by atomic mass is 19.1. The van der Waals surface area contributed by atoms with Crippen LogP contribution >= 0.6 is 0 Å². The molecule has 2 N–H and O–H groups in total. The molecule has 1 aromatic heterocycles. The summed E-state index contributed by atoms with van der Waals surface area (Å²) in [6, 6.07) is 18.8. The average molecular weight is 487 g/mol. The Bertz CT molecular complexity index is 1590. The zero-order valence-corrected chi connectivity index (χ0v) is 19.2. The first-order valence-electron chi connectivity index (χ1n) is 11.6. The Labute approximate surface area is 205 Å². The van der Waals surface area contributed by atoms with Gasteiger partial charge in [0.15, 0.2) is 0 Å². The van der Waals surface area contributed by atoms with E-state index in [9.17, 15) is 23.6 Å². The van der Waals surface area contributed by atoms with Crippen molar-refractivity contribution >= 4 is 28.4 Å². The SMILES string of the molecule is O=C(Cn1c(=O)n(-c2ccc(CC(=O)NC3CC3)cc2)c(=O)c2ccccc21)Nc1cccc(F)c1. The van der Waals surface area contributed by atoms with Crippen LogP contribution in [0.4, 0.5) is 10.1 Å². The highest BCUT2D eigenvalue weighted by molar-refractivity contribution is 5.91. The molecule has 182 valence electrons. The first-order chi connectivity index (χ1) is 17.4. The van der Waals surface area contributed by atoms with E-state index in [2.05, 4.69) is 10.6 Å².